The number of hydrogen-bond acceptors (Lipinski definition) is 1. The number of halogens is 1. The fourth-order valence-electron chi connectivity index (χ4n) is 2.07. The molecule has 1 nitrogen and oxygen atoms in total. The van der Waals surface area contributed by atoms with Crippen LogP contribution in [0.15, 0.2) is 0 Å². The van der Waals surface area contributed by atoms with Crippen LogP contribution in [-0.4, -0.2) is 17.9 Å². The number of fused-ring (bicyclic) bond motifs is 2. The van der Waals surface area contributed by atoms with Crippen molar-refractivity contribution in [1.82, 2.24) is 5.32 Å². The molecule has 0 radical (unpaired) electrons. The van der Waals surface area contributed by atoms with Crippen LogP contribution >= 0.6 is 15.9 Å². The van der Waals surface area contributed by atoms with Gasteiger partial charge in [-0.05, 0) is 24.7 Å². The second-order valence-electron chi connectivity index (χ2n) is 3.45. The Bertz CT molecular complexity index is 116. The van der Waals surface area contributed by atoms with Gasteiger partial charge in [-0.3, -0.25) is 0 Å². The van der Waals surface area contributed by atoms with Gasteiger partial charge in [-0.15, -0.1) is 0 Å². The van der Waals surface area contributed by atoms with Crippen LogP contribution in [0.5, 0.6) is 0 Å². The molecule has 0 spiro atoms. The Morgan fingerprint density at radius 2 is 2.56 bits per heavy atom. The Kier molecular flexibility index (Phi) is 1.34. The molecule has 2 aliphatic rings. The fraction of sp³-hybridized carbons (Fsp3) is 1.00. The highest BCUT2D eigenvalue weighted by Gasteiger charge is 2.43. The molecule has 1 heterocycles. The second-order valence-corrected chi connectivity index (χ2v) is 4.01. The number of piperidine rings is 1. The molecule has 2 heteroatoms. The van der Waals surface area contributed by atoms with Crippen LogP contribution in [0.1, 0.15) is 19.3 Å². The standard InChI is InChI=1S/C7H12BrN/c8-4-7-2-1-6(3-7)9-5-7/h6,9H,1-5H2. The van der Waals surface area contributed by atoms with Gasteiger partial charge in [-0.2, -0.15) is 0 Å². The van der Waals surface area contributed by atoms with Crippen LogP contribution < -0.4 is 5.32 Å². The first-order chi connectivity index (χ1) is 4.35. The summed E-state index contributed by atoms with van der Waals surface area (Å²) in [6.45, 7) is 1.25. The minimum Gasteiger partial charge on any atom is -0.313 e. The second kappa shape index (κ2) is 1.96. The van der Waals surface area contributed by atoms with Gasteiger partial charge < -0.3 is 5.32 Å². The van der Waals surface area contributed by atoms with Crippen LogP contribution in [0.4, 0.5) is 0 Å². The summed E-state index contributed by atoms with van der Waals surface area (Å²) in [4.78, 5) is 0. The average molecular weight is 190 g/mol. The average Bonchev–Trinajstić information content (AvgIpc) is 2.46. The van der Waals surface area contributed by atoms with Gasteiger partial charge in [0, 0.05) is 17.9 Å². The molecule has 1 aliphatic carbocycles. The number of hydrogen-bond donors (Lipinski definition) is 1. The normalized spacial score (nSPS) is 48.3. The van der Waals surface area contributed by atoms with Crippen molar-refractivity contribution < 1.29 is 0 Å². The quantitative estimate of drug-likeness (QED) is 0.618. The van der Waals surface area contributed by atoms with Crippen LogP contribution in [-0.2, 0) is 0 Å². The Balaban J connectivity index is 2.13. The molecule has 0 aromatic rings. The van der Waals surface area contributed by atoms with E-state index in [1.165, 1.54) is 31.1 Å². The lowest BCUT2D eigenvalue weighted by Crippen LogP contribution is -2.30. The molecule has 2 atom stereocenters. The van der Waals surface area contributed by atoms with E-state index in [9.17, 15) is 0 Å². The van der Waals surface area contributed by atoms with Gasteiger partial charge in [0.25, 0.3) is 0 Å². The number of rotatable bonds is 1. The van der Waals surface area contributed by atoms with E-state index in [1.807, 2.05) is 0 Å². The lowest BCUT2D eigenvalue weighted by molar-refractivity contribution is 0.364. The predicted octanol–water partition coefficient (Wildman–Crippen LogP) is 1.52. The molecule has 0 aromatic heterocycles. The molecule has 0 aromatic carbocycles. The summed E-state index contributed by atoms with van der Waals surface area (Å²) in [5.41, 5.74) is 0.657. The van der Waals surface area contributed by atoms with Gasteiger partial charge in [-0.1, -0.05) is 15.9 Å². The molecule has 1 saturated heterocycles. The van der Waals surface area contributed by atoms with Crippen molar-refractivity contribution in [2.45, 2.75) is 25.3 Å². The zero-order chi connectivity index (χ0) is 6.32. The van der Waals surface area contributed by atoms with E-state index in [1.54, 1.807) is 0 Å². The topological polar surface area (TPSA) is 12.0 Å². The van der Waals surface area contributed by atoms with Gasteiger partial charge in [0.05, 0.1) is 0 Å². The summed E-state index contributed by atoms with van der Waals surface area (Å²) in [7, 11) is 0. The minimum atomic E-state index is 0.657. The van der Waals surface area contributed by atoms with E-state index in [2.05, 4.69) is 21.2 Å². The maximum atomic E-state index is 3.58. The summed E-state index contributed by atoms with van der Waals surface area (Å²) in [6.07, 6.45) is 4.26. The summed E-state index contributed by atoms with van der Waals surface area (Å²) in [5, 5.41) is 4.72. The minimum absolute atomic E-state index is 0.657. The van der Waals surface area contributed by atoms with Gasteiger partial charge in [0.15, 0.2) is 0 Å². The van der Waals surface area contributed by atoms with Crippen molar-refractivity contribution >= 4 is 15.9 Å². The van der Waals surface area contributed by atoms with Gasteiger partial charge in [0.1, 0.15) is 0 Å². The van der Waals surface area contributed by atoms with E-state index in [0.29, 0.717) is 5.41 Å². The molecule has 2 bridgehead atoms. The highest BCUT2D eigenvalue weighted by Crippen LogP contribution is 2.43. The highest BCUT2D eigenvalue weighted by molar-refractivity contribution is 9.09. The largest absolute Gasteiger partial charge is 0.313 e. The van der Waals surface area contributed by atoms with Crippen molar-refractivity contribution in [1.29, 1.82) is 0 Å². The van der Waals surface area contributed by atoms with Crippen LogP contribution in [0.2, 0.25) is 0 Å². The number of alkyl halides is 1. The molecule has 0 amide bonds. The zero-order valence-electron chi connectivity index (χ0n) is 5.49. The fourth-order valence-corrected chi connectivity index (χ4v) is 2.78. The van der Waals surface area contributed by atoms with E-state index >= 15 is 0 Å². The Hall–Kier alpha value is 0.440. The van der Waals surface area contributed by atoms with Crippen molar-refractivity contribution in [3.8, 4) is 0 Å². The van der Waals surface area contributed by atoms with E-state index in [4.69, 9.17) is 0 Å². The van der Waals surface area contributed by atoms with Crippen molar-refractivity contribution in [3.05, 3.63) is 0 Å². The van der Waals surface area contributed by atoms with Crippen molar-refractivity contribution in [2.24, 2.45) is 5.41 Å². The first-order valence-corrected chi connectivity index (χ1v) is 4.76. The molecular formula is C7H12BrN. The lowest BCUT2D eigenvalue weighted by atomic mass is 9.91. The van der Waals surface area contributed by atoms with Gasteiger partial charge in [-0.25, -0.2) is 0 Å². The van der Waals surface area contributed by atoms with Crippen LogP contribution in [0, 0.1) is 5.41 Å². The highest BCUT2D eigenvalue weighted by atomic mass is 79.9. The Labute approximate surface area is 64.3 Å². The zero-order valence-corrected chi connectivity index (χ0v) is 7.08. The lowest BCUT2D eigenvalue weighted by Gasteiger charge is -2.22. The molecule has 9 heavy (non-hydrogen) atoms. The van der Waals surface area contributed by atoms with E-state index in [0.717, 1.165) is 6.04 Å². The van der Waals surface area contributed by atoms with Gasteiger partial charge >= 0.3 is 0 Å². The Morgan fingerprint density at radius 3 is 2.78 bits per heavy atom. The first-order valence-electron chi connectivity index (χ1n) is 3.64. The van der Waals surface area contributed by atoms with Crippen LogP contribution in [0.25, 0.3) is 0 Å². The Morgan fingerprint density at radius 1 is 1.67 bits per heavy atom. The van der Waals surface area contributed by atoms with E-state index < -0.39 is 0 Å². The van der Waals surface area contributed by atoms with E-state index in [-0.39, 0.29) is 0 Å². The first kappa shape index (κ1) is 6.17. The molecule has 2 unspecified atom stereocenters. The third-order valence-corrected chi connectivity index (χ3v) is 3.94. The molecule has 1 saturated carbocycles. The maximum Gasteiger partial charge on any atom is 0.0101 e. The molecule has 1 N–H and O–H groups in total. The number of nitrogens with one attached hydrogen (secondary N) is 1. The summed E-state index contributed by atoms with van der Waals surface area (Å²) < 4.78 is 0. The summed E-state index contributed by atoms with van der Waals surface area (Å²) in [6, 6.07) is 0.863. The summed E-state index contributed by atoms with van der Waals surface area (Å²) in [5.74, 6) is 0. The third kappa shape index (κ3) is 0.838. The molecule has 1 aliphatic heterocycles. The molecule has 2 fully saturated rings. The third-order valence-electron chi connectivity index (χ3n) is 2.75. The smallest absolute Gasteiger partial charge is 0.0101 e. The SMILES string of the molecule is BrCC12CCC(C1)NC2. The maximum absolute atomic E-state index is 3.58. The van der Waals surface area contributed by atoms with Crippen LogP contribution in [0.3, 0.4) is 0 Å². The van der Waals surface area contributed by atoms with Gasteiger partial charge in [0.2, 0.25) is 0 Å². The van der Waals surface area contributed by atoms with Crippen molar-refractivity contribution in [2.75, 3.05) is 11.9 Å². The molecular weight excluding hydrogens is 178 g/mol. The monoisotopic (exact) mass is 189 g/mol. The van der Waals surface area contributed by atoms with Crippen molar-refractivity contribution in [3.63, 3.8) is 0 Å². The molecule has 2 rings (SSSR count). The molecule has 52 valence electrons. The summed E-state index contributed by atoms with van der Waals surface area (Å²) >= 11 is 3.58. The predicted molar refractivity (Wildman–Crippen MR) is 41.9 cm³/mol.